The highest BCUT2D eigenvalue weighted by Crippen LogP contribution is 2.29. The van der Waals surface area contributed by atoms with Crippen LogP contribution in [0.25, 0.3) is 33.4 Å². The van der Waals surface area contributed by atoms with Crippen LogP contribution in [0.2, 0.25) is 0 Å². The maximum absolute atomic E-state index is 10.8. The Kier molecular flexibility index (Phi) is 4.44. The highest BCUT2D eigenvalue weighted by molar-refractivity contribution is 5.79. The summed E-state index contributed by atoms with van der Waals surface area (Å²) >= 11 is 0. The van der Waals surface area contributed by atoms with Gasteiger partial charge in [-0.25, -0.2) is 0 Å². The smallest absolute Gasteiger partial charge is 0.150 e. The van der Waals surface area contributed by atoms with Crippen molar-refractivity contribution < 1.29 is 4.79 Å². The molecule has 0 unspecified atom stereocenters. The predicted molar refractivity (Wildman–Crippen MR) is 108 cm³/mol. The first-order chi connectivity index (χ1) is 12.8. The molecule has 4 aromatic carbocycles. The Labute approximate surface area is 153 Å². The van der Waals surface area contributed by atoms with E-state index in [0.29, 0.717) is 5.56 Å². The minimum absolute atomic E-state index is 0.695. The van der Waals surface area contributed by atoms with Crippen LogP contribution in [0.15, 0.2) is 103 Å². The normalized spacial score (nSPS) is 10.5. The highest BCUT2D eigenvalue weighted by Gasteiger charge is 2.04. The summed E-state index contributed by atoms with van der Waals surface area (Å²) in [5.74, 6) is 0. The Hall–Kier alpha value is -3.45. The van der Waals surface area contributed by atoms with E-state index in [9.17, 15) is 4.79 Å². The fourth-order valence-corrected chi connectivity index (χ4v) is 3.14. The Morgan fingerprint density at radius 1 is 0.423 bits per heavy atom. The molecule has 124 valence electrons. The molecule has 0 aliphatic rings. The van der Waals surface area contributed by atoms with Crippen molar-refractivity contribution in [3.8, 4) is 33.4 Å². The second kappa shape index (κ2) is 7.20. The first kappa shape index (κ1) is 16.0. The minimum Gasteiger partial charge on any atom is -0.298 e. The van der Waals surface area contributed by atoms with Gasteiger partial charge < -0.3 is 0 Å². The summed E-state index contributed by atoms with van der Waals surface area (Å²) in [7, 11) is 0. The average molecular weight is 334 g/mol. The predicted octanol–water partition coefficient (Wildman–Crippen LogP) is 6.50. The maximum atomic E-state index is 10.8. The lowest BCUT2D eigenvalue weighted by atomic mass is 9.96. The molecule has 0 fully saturated rings. The Bertz CT molecular complexity index is 1030. The van der Waals surface area contributed by atoms with E-state index in [1.807, 2.05) is 30.3 Å². The zero-order valence-corrected chi connectivity index (χ0v) is 14.3. The molecule has 0 bridgehead atoms. The van der Waals surface area contributed by atoms with Crippen LogP contribution in [0.3, 0.4) is 0 Å². The van der Waals surface area contributed by atoms with Crippen LogP contribution in [0, 0.1) is 0 Å². The van der Waals surface area contributed by atoms with Gasteiger partial charge in [0.05, 0.1) is 0 Å². The molecule has 0 aliphatic carbocycles. The topological polar surface area (TPSA) is 17.1 Å². The molecule has 0 saturated carbocycles. The SMILES string of the molecule is O=Cc1ccc(-c2cccc(-c3cccc(-c4ccccc4)c3)c2)cc1. The van der Waals surface area contributed by atoms with Crippen LogP contribution in [-0.4, -0.2) is 6.29 Å². The van der Waals surface area contributed by atoms with Gasteiger partial charge in [-0.05, 0) is 45.5 Å². The van der Waals surface area contributed by atoms with E-state index in [2.05, 4.69) is 72.8 Å². The first-order valence-corrected chi connectivity index (χ1v) is 8.65. The van der Waals surface area contributed by atoms with Gasteiger partial charge in [-0.3, -0.25) is 4.79 Å². The molecule has 4 aromatic rings. The largest absolute Gasteiger partial charge is 0.298 e. The molecule has 1 heteroatoms. The van der Waals surface area contributed by atoms with Crippen molar-refractivity contribution in [2.75, 3.05) is 0 Å². The molecular weight excluding hydrogens is 316 g/mol. The summed E-state index contributed by atoms with van der Waals surface area (Å²) < 4.78 is 0. The lowest BCUT2D eigenvalue weighted by Crippen LogP contribution is -1.84. The molecule has 0 saturated heterocycles. The average Bonchev–Trinajstić information content (AvgIpc) is 2.75. The van der Waals surface area contributed by atoms with Crippen LogP contribution >= 0.6 is 0 Å². The zero-order chi connectivity index (χ0) is 17.8. The van der Waals surface area contributed by atoms with Gasteiger partial charge in [0.25, 0.3) is 0 Å². The summed E-state index contributed by atoms with van der Waals surface area (Å²) in [6.45, 7) is 0. The van der Waals surface area contributed by atoms with Gasteiger partial charge in [0.1, 0.15) is 6.29 Å². The van der Waals surface area contributed by atoms with Crippen LogP contribution in [0.4, 0.5) is 0 Å². The fraction of sp³-hybridized carbons (Fsp3) is 0. The van der Waals surface area contributed by atoms with Gasteiger partial charge in [-0.15, -0.1) is 0 Å². The summed E-state index contributed by atoms with van der Waals surface area (Å²) in [4.78, 5) is 10.8. The van der Waals surface area contributed by atoms with Gasteiger partial charge in [-0.2, -0.15) is 0 Å². The second-order valence-corrected chi connectivity index (χ2v) is 6.27. The van der Waals surface area contributed by atoms with E-state index >= 15 is 0 Å². The Morgan fingerprint density at radius 2 is 0.846 bits per heavy atom. The van der Waals surface area contributed by atoms with E-state index in [1.165, 1.54) is 22.3 Å². The fourth-order valence-electron chi connectivity index (χ4n) is 3.14. The van der Waals surface area contributed by atoms with Crippen molar-refractivity contribution in [1.29, 1.82) is 0 Å². The number of benzene rings is 4. The third-order valence-corrected chi connectivity index (χ3v) is 4.55. The number of aldehydes is 1. The lowest BCUT2D eigenvalue weighted by molar-refractivity contribution is 0.112. The van der Waals surface area contributed by atoms with E-state index in [1.54, 1.807) is 0 Å². The molecule has 0 aliphatic heterocycles. The van der Waals surface area contributed by atoms with Gasteiger partial charge in [0, 0.05) is 5.56 Å². The molecule has 4 rings (SSSR count). The van der Waals surface area contributed by atoms with Crippen molar-refractivity contribution >= 4 is 6.29 Å². The van der Waals surface area contributed by atoms with E-state index < -0.39 is 0 Å². The van der Waals surface area contributed by atoms with E-state index in [-0.39, 0.29) is 0 Å². The van der Waals surface area contributed by atoms with Crippen LogP contribution < -0.4 is 0 Å². The van der Waals surface area contributed by atoms with Crippen LogP contribution in [0.1, 0.15) is 10.4 Å². The molecule has 0 N–H and O–H groups in total. The van der Waals surface area contributed by atoms with Crippen molar-refractivity contribution in [2.24, 2.45) is 0 Å². The third-order valence-electron chi connectivity index (χ3n) is 4.55. The zero-order valence-electron chi connectivity index (χ0n) is 14.3. The van der Waals surface area contributed by atoms with Crippen LogP contribution in [0.5, 0.6) is 0 Å². The quantitative estimate of drug-likeness (QED) is 0.389. The monoisotopic (exact) mass is 334 g/mol. The standard InChI is InChI=1S/C25H18O/c26-18-19-12-14-21(15-13-19)23-9-5-11-25(17-23)24-10-4-8-22(16-24)20-6-2-1-3-7-20/h1-18H. The molecule has 0 atom stereocenters. The van der Waals surface area contributed by atoms with Gasteiger partial charge >= 0.3 is 0 Å². The first-order valence-electron chi connectivity index (χ1n) is 8.65. The number of carbonyl (C=O) groups excluding carboxylic acids is 1. The summed E-state index contributed by atoms with van der Waals surface area (Å²) in [5.41, 5.74) is 7.75. The van der Waals surface area contributed by atoms with E-state index in [0.717, 1.165) is 17.4 Å². The molecule has 0 amide bonds. The number of rotatable bonds is 4. The molecule has 0 spiro atoms. The molecule has 0 aromatic heterocycles. The third kappa shape index (κ3) is 3.33. The molecule has 26 heavy (non-hydrogen) atoms. The maximum Gasteiger partial charge on any atom is 0.150 e. The summed E-state index contributed by atoms with van der Waals surface area (Å²) in [6.07, 6.45) is 0.870. The van der Waals surface area contributed by atoms with Crippen molar-refractivity contribution in [2.45, 2.75) is 0 Å². The number of carbonyl (C=O) groups is 1. The summed E-state index contributed by atoms with van der Waals surface area (Å²) in [5, 5.41) is 0. The van der Waals surface area contributed by atoms with Crippen molar-refractivity contribution in [1.82, 2.24) is 0 Å². The Morgan fingerprint density at radius 3 is 1.35 bits per heavy atom. The molecular formula is C25H18O. The molecule has 1 nitrogen and oxygen atoms in total. The minimum atomic E-state index is 0.695. The molecule has 0 radical (unpaired) electrons. The second-order valence-electron chi connectivity index (χ2n) is 6.27. The van der Waals surface area contributed by atoms with Crippen molar-refractivity contribution in [3.05, 3.63) is 109 Å². The summed E-state index contributed by atoms with van der Waals surface area (Å²) in [6, 6.07) is 35.2. The van der Waals surface area contributed by atoms with Crippen LogP contribution in [-0.2, 0) is 0 Å². The highest BCUT2D eigenvalue weighted by atomic mass is 16.1. The number of hydrogen-bond donors (Lipinski definition) is 0. The van der Waals surface area contributed by atoms with Gasteiger partial charge in [0.15, 0.2) is 0 Å². The Balaban J connectivity index is 1.71. The van der Waals surface area contributed by atoms with E-state index in [4.69, 9.17) is 0 Å². The molecule has 0 heterocycles. The number of hydrogen-bond acceptors (Lipinski definition) is 1. The van der Waals surface area contributed by atoms with Gasteiger partial charge in [0.2, 0.25) is 0 Å². The lowest BCUT2D eigenvalue weighted by Gasteiger charge is -2.09. The van der Waals surface area contributed by atoms with Gasteiger partial charge in [-0.1, -0.05) is 91.0 Å². The van der Waals surface area contributed by atoms with Crippen molar-refractivity contribution in [3.63, 3.8) is 0 Å².